The van der Waals surface area contributed by atoms with Gasteiger partial charge in [0.25, 0.3) is 0 Å². The fourth-order valence-corrected chi connectivity index (χ4v) is 6.36. The fraction of sp³-hybridized carbons (Fsp3) is 0.0270. The summed E-state index contributed by atoms with van der Waals surface area (Å²) in [5, 5.41) is 4.71. The molecule has 3 heterocycles. The first-order valence-electron chi connectivity index (χ1n) is 13.8. The smallest absolute Gasteiger partial charge is 0.230 e. The van der Waals surface area contributed by atoms with E-state index in [-0.39, 0.29) is 6.79 Å². The van der Waals surface area contributed by atoms with Gasteiger partial charge in [0.15, 0.2) is 0 Å². The SMILES string of the molecule is c1ccc2c(c1)oc1c(-c3ccc4c(c3)-c3cc(-n5c6ccccc6c6ccccc65)ccc3OCO4)cccc12. The summed E-state index contributed by atoms with van der Waals surface area (Å²) in [6.45, 7) is 0.160. The molecule has 0 N–H and O–H groups in total. The Morgan fingerprint density at radius 1 is 0.488 bits per heavy atom. The van der Waals surface area contributed by atoms with Gasteiger partial charge in [0, 0.05) is 43.9 Å². The van der Waals surface area contributed by atoms with Gasteiger partial charge in [-0.3, -0.25) is 0 Å². The molecule has 9 rings (SSSR count). The van der Waals surface area contributed by atoms with Crippen molar-refractivity contribution < 1.29 is 13.9 Å². The lowest BCUT2D eigenvalue weighted by molar-refractivity contribution is 0.125. The molecule has 0 saturated carbocycles. The van der Waals surface area contributed by atoms with Gasteiger partial charge in [0.05, 0.1) is 11.0 Å². The van der Waals surface area contributed by atoms with Crippen LogP contribution in [0.4, 0.5) is 0 Å². The van der Waals surface area contributed by atoms with Gasteiger partial charge in [0.1, 0.15) is 22.7 Å². The van der Waals surface area contributed by atoms with Gasteiger partial charge in [-0.25, -0.2) is 0 Å². The molecule has 2 aromatic heterocycles. The number of furan rings is 1. The Morgan fingerprint density at radius 2 is 1.12 bits per heavy atom. The summed E-state index contributed by atoms with van der Waals surface area (Å²) in [7, 11) is 0. The van der Waals surface area contributed by atoms with Crippen LogP contribution in [0, 0.1) is 0 Å². The fourth-order valence-electron chi connectivity index (χ4n) is 6.36. The molecule has 8 aromatic rings. The summed E-state index contributed by atoms with van der Waals surface area (Å²) >= 11 is 0. The minimum atomic E-state index is 0.160. The van der Waals surface area contributed by atoms with Crippen molar-refractivity contribution in [3.63, 3.8) is 0 Å². The molecule has 0 unspecified atom stereocenters. The van der Waals surface area contributed by atoms with Crippen LogP contribution in [0.3, 0.4) is 0 Å². The number of benzene rings is 6. The van der Waals surface area contributed by atoms with Crippen LogP contribution in [-0.4, -0.2) is 11.4 Å². The van der Waals surface area contributed by atoms with E-state index in [2.05, 4.69) is 114 Å². The highest BCUT2D eigenvalue weighted by Crippen LogP contribution is 2.44. The monoisotopic (exact) mass is 529 g/mol. The lowest BCUT2D eigenvalue weighted by atomic mass is 9.96. The van der Waals surface area contributed by atoms with Crippen LogP contribution >= 0.6 is 0 Å². The van der Waals surface area contributed by atoms with E-state index in [4.69, 9.17) is 13.9 Å². The molecule has 0 amide bonds. The third-order valence-electron chi connectivity index (χ3n) is 8.22. The average Bonchev–Trinajstić information content (AvgIpc) is 3.51. The molecule has 1 aliphatic heterocycles. The number of aromatic nitrogens is 1. The van der Waals surface area contributed by atoms with Gasteiger partial charge in [-0.2, -0.15) is 0 Å². The van der Waals surface area contributed by atoms with Crippen LogP contribution in [0.5, 0.6) is 11.5 Å². The lowest BCUT2D eigenvalue weighted by Crippen LogP contribution is -2.03. The highest BCUT2D eigenvalue weighted by atomic mass is 16.7. The molecule has 6 aromatic carbocycles. The minimum absolute atomic E-state index is 0.160. The zero-order valence-corrected chi connectivity index (χ0v) is 22.0. The maximum Gasteiger partial charge on any atom is 0.230 e. The van der Waals surface area contributed by atoms with Crippen molar-refractivity contribution >= 4 is 43.7 Å². The number of fused-ring (bicyclic) bond motifs is 9. The van der Waals surface area contributed by atoms with E-state index in [1.54, 1.807) is 0 Å². The number of hydrogen-bond acceptors (Lipinski definition) is 3. The predicted octanol–water partition coefficient (Wildman–Crippen LogP) is 9.75. The summed E-state index contributed by atoms with van der Waals surface area (Å²) in [6.07, 6.45) is 0. The number of ether oxygens (including phenoxy) is 2. The molecule has 4 heteroatoms. The van der Waals surface area contributed by atoms with Crippen LogP contribution in [0.2, 0.25) is 0 Å². The van der Waals surface area contributed by atoms with Gasteiger partial charge in [-0.05, 0) is 54.1 Å². The van der Waals surface area contributed by atoms with Gasteiger partial charge in [-0.1, -0.05) is 78.9 Å². The second kappa shape index (κ2) is 8.51. The van der Waals surface area contributed by atoms with Crippen molar-refractivity contribution in [3.05, 3.63) is 127 Å². The third-order valence-corrected chi connectivity index (χ3v) is 8.22. The first-order chi connectivity index (χ1) is 20.3. The molecule has 0 saturated heterocycles. The van der Waals surface area contributed by atoms with Gasteiger partial charge in [0.2, 0.25) is 6.79 Å². The Balaban J connectivity index is 1.27. The summed E-state index contributed by atoms with van der Waals surface area (Å²) in [6, 6.07) is 44.4. The Morgan fingerprint density at radius 3 is 1.90 bits per heavy atom. The van der Waals surface area contributed by atoms with E-state index in [9.17, 15) is 0 Å². The van der Waals surface area contributed by atoms with Crippen LogP contribution in [0.15, 0.2) is 132 Å². The standard InChI is InChI=1S/C37H23NO3/c1-4-13-32-26(8-1)27-9-2-5-14-33(27)38(32)24-17-19-35-31(21-24)30-20-23(16-18-34(30)39-22-40-35)25-11-7-12-29-28-10-3-6-15-36(28)41-37(25)29/h1-21H,22H2. The molecule has 0 atom stereocenters. The molecule has 0 bridgehead atoms. The molecular weight excluding hydrogens is 506 g/mol. The van der Waals surface area contributed by atoms with Crippen molar-refractivity contribution in [1.82, 2.24) is 4.57 Å². The van der Waals surface area contributed by atoms with E-state index in [1.807, 2.05) is 18.2 Å². The summed E-state index contributed by atoms with van der Waals surface area (Å²) in [5.74, 6) is 1.59. The van der Waals surface area contributed by atoms with Crippen LogP contribution in [0.25, 0.3) is 71.7 Å². The zero-order chi connectivity index (χ0) is 26.9. The van der Waals surface area contributed by atoms with Crippen molar-refractivity contribution in [1.29, 1.82) is 0 Å². The van der Waals surface area contributed by atoms with Gasteiger partial charge in [-0.15, -0.1) is 0 Å². The van der Waals surface area contributed by atoms with E-state index >= 15 is 0 Å². The second-order valence-electron chi connectivity index (χ2n) is 10.4. The third kappa shape index (κ3) is 3.28. The highest BCUT2D eigenvalue weighted by Gasteiger charge is 2.21. The van der Waals surface area contributed by atoms with Crippen molar-refractivity contribution in [3.8, 4) is 39.4 Å². The van der Waals surface area contributed by atoms with Crippen molar-refractivity contribution in [2.45, 2.75) is 0 Å². The Labute approximate surface area is 235 Å². The van der Waals surface area contributed by atoms with Crippen molar-refractivity contribution in [2.75, 3.05) is 6.79 Å². The van der Waals surface area contributed by atoms with E-state index in [1.165, 1.54) is 21.8 Å². The molecule has 0 spiro atoms. The largest absolute Gasteiger partial charge is 0.457 e. The van der Waals surface area contributed by atoms with E-state index in [0.29, 0.717) is 0 Å². The molecule has 0 radical (unpaired) electrons. The summed E-state index contributed by atoms with van der Waals surface area (Å²) in [4.78, 5) is 0. The maximum absolute atomic E-state index is 6.37. The van der Waals surface area contributed by atoms with E-state index in [0.717, 1.165) is 61.4 Å². The van der Waals surface area contributed by atoms with Crippen LogP contribution in [0.1, 0.15) is 0 Å². The van der Waals surface area contributed by atoms with Crippen LogP contribution in [-0.2, 0) is 0 Å². The minimum Gasteiger partial charge on any atom is -0.457 e. The zero-order valence-electron chi connectivity index (χ0n) is 22.0. The Kier molecular flexibility index (Phi) is 4.64. The molecule has 0 fully saturated rings. The maximum atomic E-state index is 6.37. The highest BCUT2D eigenvalue weighted by molar-refractivity contribution is 6.10. The predicted molar refractivity (Wildman–Crippen MR) is 165 cm³/mol. The summed E-state index contributed by atoms with van der Waals surface area (Å²) < 4.78 is 20.9. The topological polar surface area (TPSA) is 36.5 Å². The number of para-hydroxylation sites is 4. The molecule has 194 valence electrons. The lowest BCUT2D eigenvalue weighted by Gasteiger charge is -2.14. The van der Waals surface area contributed by atoms with Gasteiger partial charge >= 0.3 is 0 Å². The summed E-state index contributed by atoms with van der Waals surface area (Å²) in [5.41, 5.74) is 9.29. The first kappa shape index (κ1) is 22.3. The average molecular weight is 530 g/mol. The second-order valence-corrected chi connectivity index (χ2v) is 10.4. The molecular formula is C37H23NO3. The quantitative estimate of drug-likeness (QED) is 0.224. The van der Waals surface area contributed by atoms with Crippen LogP contribution < -0.4 is 9.47 Å². The molecule has 0 aliphatic carbocycles. The Hall–Kier alpha value is -5.48. The molecule has 1 aliphatic rings. The molecule has 4 nitrogen and oxygen atoms in total. The van der Waals surface area contributed by atoms with E-state index < -0.39 is 0 Å². The van der Waals surface area contributed by atoms with Crippen molar-refractivity contribution in [2.24, 2.45) is 0 Å². The normalized spacial score (nSPS) is 12.7. The number of hydrogen-bond donors (Lipinski definition) is 0. The van der Waals surface area contributed by atoms with Gasteiger partial charge < -0.3 is 18.5 Å². The number of rotatable bonds is 2. The number of nitrogens with zero attached hydrogens (tertiary/aromatic N) is 1. The first-order valence-corrected chi connectivity index (χ1v) is 13.8. The Bertz CT molecular complexity index is 2250. The molecule has 41 heavy (non-hydrogen) atoms.